The third kappa shape index (κ3) is 20.4. The van der Waals surface area contributed by atoms with Gasteiger partial charge in [0, 0.05) is 6.42 Å². The number of unbranched alkanes of at least 4 members (excludes halogenated alkanes) is 17. The summed E-state index contributed by atoms with van der Waals surface area (Å²) in [5.41, 5.74) is 0. The maximum absolute atomic E-state index is 12.2. The van der Waals surface area contributed by atoms with Gasteiger partial charge in [-0.3, -0.25) is 4.79 Å². The van der Waals surface area contributed by atoms with E-state index in [1.54, 1.807) is 0 Å². The molecule has 0 aliphatic carbocycles. The molecule has 1 amide bonds. The summed E-state index contributed by atoms with van der Waals surface area (Å²) in [6.45, 7) is 4.10. The zero-order valence-electron chi connectivity index (χ0n) is 22.0. The first-order valence-corrected chi connectivity index (χ1v) is 14.3. The van der Waals surface area contributed by atoms with Crippen molar-refractivity contribution in [3.8, 4) is 0 Å². The van der Waals surface area contributed by atoms with Crippen LogP contribution in [-0.2, 0) is 4.79 Å². The lowest BCUT2D eigenvalue weighted by Crippen LogP contribution is -2.50. The van der Waals surface area contributed by atoms with Gasteiger partial charge in [-0.1, -0.05) is 129 Å². The Balaban J connectivity index is 3.79. The number of amides is 1. The normalized spacial score (nSPS) is 14.2. The number of carbonyl (C=O) groups excluding carboxylic acids is 1. The van der Waals surface area contributed by atoms with E-state index in [1.165, 1.54) is 83.5 Å². The van der Waals surface area contributed by atoms with Crippen molar-refractivity contribution in [2.75, 3.05) is 6.61 Å². The summed E-state index contributed by atoms with van der Waals surface area (Å²) in [7, 11) is 0. The predicted octanol–water partition coefficient (Wildman–Crippen LogP) is 6.42. The fraction of sp³-hybridized carbons (Fsp3) is 0.964. The molecule has 0 spiro atoms. The average molecular weight is 472 g/mol. The molecule has 0 fully saturated rings. The van der Waals surface area contributed by atoms with Gasteiger partial charge in [-0.2, -0.15) is 0 Å². The molecule has 0 aliphatic rings. The van der Waals surface area contributed by atoms with Gasteiger partial charge in [0.05, 0.1) is 18.8 Å². The highest BCUT2D eigenvalue weighted by Gasteiger charge is 2.26. The summed E-state index contributed by atoms with van der Waals surface area (Å²) in [5, 5.41) is 33.0. The third-order valence-corrected chi connectivity index (χ3v) is 6.71. The molecular weight excluding hydrogens is 414 g/mol. The molecule has 0 radical (unpaired) electrons. The van der Waals surface area contributed by atoms with E-state index < -0.39 is 18.2 Å². The Hall–Kier alpha value is -0.650. The van der Waals surface area contributed by atoms with Gasteiger partial charge in [-0.05, 0) is 12.8 Å². The molecule has 33 heavy (non-hydrogen) atoms. The van der Waals surface area contributed by atoms with Gasteiger partial charge in [-0.25, -0.2) is 0 Å². The van der Waals surface area contributed by atoms with Crippen molar-refractivity contribution in [2.24, 2.45) is 0 Å². The summed E-state index contributed by atoms with van der Waals surface area (Å²) < 4.78 is 0. The van der Waals surface area contributed by atoms with Crippen molar-refractivity contribution in [3.63, 3.8) is 0 Å². The molecule has 0 aromatic heterocycles. The van der Waals surface area contributed by atoms with Crippen LogP contribution in [0.2, 0.25) is 0 Å². The molecule has 0 bridgehead atoms. The fourth-order valence-corrected chi connectivity index (χ4v) is 4.39. The van der Waals surface area contributed by atoms with Crippen molar-refractivity contribution < 1.29 is 20.1 Å². The van der Waals surface area contributed by atoms with Crippen LogP contribution in [0.4, 0.5) is 0 Å². The van der Waals surface area contributed by atoms with Crippen molar-refractivity contribution in [2.45, 2.75) is 167 Å². The number of carbonyl (C=O) groups is 1. The Labute approximate surface area is 205 Å². The quantitative estimate of drug-likeness (QED) is 0.116. The van der Waals surface area contributed by atoms with E-state index in [-0.39, 0.29) is 12.5 Å². The van der Waals surface area contributed by atoms with Crippen LogP contribution < -0.4 is 5.32 Å². The van der Waals surface area contributed by atoms with Gasteiger partial charge in [0.15, 0.2) is 0 Å². The molecule has 3 atom stereocenters. The predicted molar refractivity (Wildman–Crippen MR) is 139 cm³/mol. The monoisotopic (exact) mass is 471 g/mol. The Morgan fingerprint density at radius 2 is 1.03 bits per heavy atom. The molecular formula is C28H57NO4. The lowest BCUT2D eigenvalue weighted by Gasteiger charge is -2.26. The number of aliphatic hydroxyl groups is 3. The summed E-state index contributed by atoms with van der Waals surface area (Å²) >= 11 is 0. The van der Waals surface area contributed by atoms with E-state index in [1.807, 2.05) is 0 Å². The van der Waals surface area contributed by atoms with Gasteiger partial charge in [0.1, 0.15) is 6.10 Å². The minimum atomic E-state index is -1.12. The largest absolute Gasteiger partial charge is 0.394 e. The highest BCUT2D eigenvalue weighted by atomic mass is 16.3. The summed E-state index contributed by atoms with van der Waals surface area (Å²) in [6, 6.07) is -0.797. The lowest BCUT2D eigenvalue weighted by molar-refractivity contribution is -0.124. The molecule has 0 saturated heterocycles. The fourth-order valence-electron chi connectivity index (χ4n) is 4.39. The second-order valence-electron chi connectivity index (χ2n) is 9.96. The standard InChI is InChI=1S/C28H57NO4/c1-3-5-7-9-11-13-15-17-19-21-23-27(32)29-25(24-30)28(33)26(31)22-20-18-16-14-12-10-8-6-4-2/h25-26,28,30-31,33H,3-24H2,1-2H3,(H,29,32). The Kier molecular flexibility index (Phi) is 24.0. The molecule has 4 N–H and O–H groups in total. The van der Waals surface area contributed by atoms with Crippen LogP contribution in [0.1, 0.15) is 149 Å². The van der Waals surface area contributed by atoms with E-state index in [0.29, 0.717) is 12.8 Å². The van der Waals surface area contributed by atoms with Gasteiger partial charge in [-0.15, -0.1) is 0 Å². The number of hydrogen-bond donors (Lipinski definition) is 4. The van der Waals surface area contributed by atoms with Crippen LogP contribution in [0.3, 0.4) is 0 Å². The van der Waals surface area contributed by atoms with E-state index in [4.69, 9.17) is 0 Å². The zero-order valence-corrected chi connectivity index (χ0v) is 22.0. The van der Waals surface area contributed by atoms with E-state index in [9.17, 15) is 20.1 Å². The molecule has 3 unspecified atom stereocenters. The molecule has 0 aromatic rings. The first-order valence-electron chi connectivity index (χ1n) is 14.3. The van der Waals surface area contributed by atoms with E-state index >= 15 is 0 Å². The highest BCUT2D eigenvalue weighted by Crippen LogP contribution is 2.14. The summed E-state index contributed by atoms with van der Waals surface area (Å²) in [5.74, 6) is -0.150. The zero-order chi connectivity index (χ0) is 24.6. The second kappa shape index (κ2) is 24.5. The van der Waals surface area contributed by atoms with Crippen LogP contribution >= 0.6 is 0 Å². The SMILES string of the molecule is CCCCCCCCCCCCC(=O)NC(CO)C(O)C(O)CCCCCCCCCCC. The minimum Gasteiger partial charge on any atom is -0.394 e. The van der Waals surface area contributed by atoms with Crippen molar-refractivity contribution in [1.82, 2.24) is 5.32 Å². The molecule has 198 valence electrons. The van der Waals surface area contributed by atoms with Gasteiger partial charge < -0.3 is 20.6 Å². The Bertz CT molecular complexity index is 419. The van der Waals surface area contributed by atoms with Crippen molar-refractivity contribution >= 4 is 5.91 Å². The van der Waals surface area contributed by atoms with E-state index in [2.05, 4.69) is 19.2 Å². The first kappa shape index (κ1) is 32.4. The second-order valence-corrected chi connectivity index (χ2v) is 9.96. The molecule has 0 aromatic carbocycles. The number of aliphatic hydroxyl groups excluding tert-OH is 3. The topological polar surface area (TPSA) is 89.8 Å². The molecule has 0 heterocycles. The summed E-state index contributed by atoms with van der Waals surface area (Å²) in [4.78, 5) is 12.2. The van der Waals surface area contributed by atoms with Crippen LogP contribution in [-0.4, -0.2) is 46.1 Å². The van der Waals surface area contributed by atoms with Crippen LogP contribution in [0.5, 0.6) is 0 Å². The number of hydrogen-bond acceptors (Lipinski definition) is 4. The molecule has 5 nitrogen and oxygen atoms in total. The first-order chi connectivity index (χ1) is 16.1. The molecule has 0 saturated carbocycles. The number of nitrogens with one attached hydrogen (secondary N) is 1. The molecule has 5 heteroatoms. The van der Waals surface area contributed by atoms with Gasteiger partial charge in [0.2, 0.25) is 5.91 Å². The Morgan fingerprint density at radius 3 is 1.45 bits per heavy atom. The summed E-state index contributed by atoms with van der Waals surface area (Å²) in [6.07, 6.45) is 21.9. The van der Waals surface area contributed by atoms with Crippen LogP contribution in [0.25, 0.3) is 0 Å². The van der Waals surface area contributed by atoms with E-state index in [0.717, 1.165) is 38.5 Å². The van der Waals surface area contributed by atoms with Crippen molar-refractivity contribution in [1.29, 1.82) is 0 Å². The lowest BCUT2D eigenvalue weighted by atomic mass is 9.99. The smallest absolute Gasteiger partial charge is 0.220 e. The number of rotatable bonds is 25. The molecule has 0 rings (SSSR count). The Morgan fingerprint density at radius 1 is 0.636 bits per heavy atom. The third-order valence-electron chi connectivity index (χ3n) is 6.71. The van der Waals surface area contributed by atoms with Gasteiger partial charge in [0.25, 0.3) is 0 Å². The average Bonchev–Trinajstić information content (AvgIpc) is 2.82. The van der Waals surface area contributed by atoms with Crippen LogP contribution in [0, 0.1) is 0 Å². The maximum Gasteiger partial charge on any atom is 0.220 e. The maximum atomic E-state index is 12.2. The highest BCUT2D eigenvalue weighted by molar-refractivity contribution is 5.76. The van der Waals surface area contributed by atoms with Crippen molar-refractivity contribution in [3.05, 3.63) is 0 Å². The molecule has 0 aliphatic heterocycles. The minimum absolute atomic E-state index is 0.150. The van der Waals surface area contributed by atoms with Crippen LogP contribution in [0.15, 0.2) is 0 Å². The van der Waals surface area contributed by atoms with Gasteiger partial charge >= 0.3 is 0 Å².